The molecule has 0 fully saturated rings. The standard InChI is InChI=1S/C17H32O3/c1-3-4-12-16(18)13-10-8-6-5-7-9-11-15(2)14-17(19)20/h3,15-16,18H,1,4-14H2,2H3,(H,19,20)/t15-,16?/m1/s1. The van der Waals surface area contributed by atoms with Crippen molar-refractivity contribution in [3.05, 3.63) is 12.7 Å². The number of aliphatic hydroxyl groups is 1. The molecule has 0 amide bonds. The van der Waals surface area contributed by atoms with E-state index in [2.05, 4.69) is 6.58 Å². The Morgan fingerprint density at radius 1 is 1.05 bits per heavy atom. The topological polar surface area (TPSA) is 57.5 Å². The minimum atomic E-state index is -0.687. The van der Waals surface area contributed by atoms with Gasteiger partial charge < -0.3 is 10.2 Å². The third-order valence-corrected chi connectivity index (χ3v) is 3.71. The van der Waals surface area contributed by atoms with E-state index < -0.39 is 5.97 Å². The zero-order valence-corrected chi connectivity index (χ0v) is 13.0. The quantitative estimate of drug-likeness (QED) is 0.363. The number of allylic oxidation sites excluding steroid dienone is 1. The van der Waals surface area contributed by atoms with Crippen molar-refractivity contribution in [2.45, 2.75) is 83.7 Å². The Balaban J connectivity index is 3.24. The molecule has 0 heterocycles. The van der Waals surface area contributed by atoms with Crippen LogP contribution in [-0.2, 0) is 4.79 Å². The Kier molecular flexibility index (Phi) is 12.6. The molecule has 20 heavy (non-hydrogen) atoms. The van der Waals surface area contributed by atoms with Crippen molar-refractivity contribution in [3.8, 4) is 0 Å². The molecule has 0 rings (SSSR count). The van der Waals surface area contributed by atoms with E-state index in [9.17, 15) is 9.90 Å². The summed E-state index contributed by atoms with van der Waals surface area (Å²) >= 11 is 0. The van der Waals surface area contributed by atoms with E-state index in [4.69, 9.17) is 5.11 Å². The number of rotatable bonds is 14. The lowest BCUT2D eigenvalue weighted by Crippen LogP contribution is -2.05. The summed E-state index contributed by atoms with van der Waals surface area (Å²) in [5, 5.41) is 18.3. The van der Waals surface area contributed by atoms with Gasteiger partial charge in [0.1, 0.15) is 0 Å². The summed E-state index contributed by atoms with van der Waals surface area (Å²) in [5.41, 5.74) is 0. The summed E-state index contributed by atoms with van der Waals surface area (Å²) in [6.45, 7) is 5.67. The van der Waals surface area contributed by atoms with Gasteiger partial charge in [0, 0.05) is 6.42 Å². The average molecular weight is 284 g/mol. The lowest BCUT2D eigenvalue weighted by Gasteiger charge is -2.09. The van der Waals surface area contributed by atoms with Crippen molar-refractivity contribution in [2.75, 3.05) is 0 Å². The van der Waals surface area contributed by atoms with E-state index in [0.717, 1.165) is 38.5 Å². The van der Waals surface area contributed by atoms with Crippen LogP contribution in [0.15, 0.2) is 12.7 Å². The third-order valence-electron chi connectivity index (χ3n) is 3.71. The largest absolute Gasteiger partial charge is 0.481 e. The molecule has 0 spiro atoms. The first kappa shape index (κ1) is 19.2. The molecule has 0 saturated heterocycles. The number of hydrogen-bond donors (Lipinski definition) is 2. The number of carbonyl (C=O) groups is 1. The molecular weight excluding hydrogens is 252 g/mol. The number of aliphatic hydroxyl groups excluding tert-OH is 1. The van der Waals surface area contributed by atoms with Gasteiger partial charge in [0.2, 0.25) is 0 Å². The van der Waals surface area contributed by atoms with Gasteiger partial charge in [0.25, 0.3) is 0 Å². The van der Waals surface area contributed by atoms with Gasteiger partial charge in [-0.05, 0) is 25.2 Å². The molecule has 0 aromatic rings. The summed E-state index contributed by atoms with van der Waals surface area (Å²) in [5.74, 6) is -0.389. The molecule has 2 N–H and O–H groups in total. The van der Waals surface area contributed by atoms with Crippen molar-refractivity contribution < 1.29 is 15.0 Å². The maximum absolute atomic E-state index is 10.5. The van der Waals surface area contributed by atoms with Crippen molar-refractivity contribution in [2.24, 2.45) is 5.92 Å². The summed E-state index contributed by atoms with van der Waals surface area (Å²) in [6.07, 6.45) is 12.7. The fraction of sp³-hybridized carbons (Fsp3) is 0.824. The van der Waals surface area contributed by atoms with Gasteiger partial charge in [-0.2, -0.15) is 0 Å². The zero-order valence-electron chi connectivity index (χ0n) is 13.0. The van der Waals surface area contributed by atoms with Gasteiger partial charge in [-0.15, -0.1) is 6.58 Å². The van der Waals surface area contributed by atoms with Crippen molar-refractivity contribution in [1.29, 1.82) is 0 Å². The number of carboxylic acid groups (broad SMARTS) is 1. The van der Waals surface area contributed by atoms with Crippen LogP contribution >= 0.6 is 0 Å². The minimum absolute atomic E-state index is 0.162. The number of carboxylic acids is 1. The molecule has 3 nitrogen and oxygen atoms in total. The Morgan fingerprint density at radius 3 is 2.15 bits per heavy atom. The van der Waals surface area contributed by atoms with Crippen LogP contribution in [0.5, 0.6) is 0 Å². The van der Waals surface area contributed by atoms with Gasteiger partial charge in [0.05, 0.1) is 6.10 Å². The smallest absolute Gasteiger partial charge is 0.303 e. The highest BCUT2D eigenvalue weighted by Gasteiger charge is 2.06. The molecule has 0 saturated carbocycles. The number of unbranched alkanes of at least 4 members (excludes halogenated alkanes) is 5. The highest BCUT2D eigenvalue weighted by molar-refractivity contribution is 5.66. The summed E-state index contributed by atoms with van der Waals surface area (Å²) < 4.78 is 0. The van der Waals surface area contributed by atoms with Crippen molar-refractivity contribution in [3.63, 3.8) is 0 Å². The van der Waals surface area contributed by atoms with Crippen LogP contribution in [0.3, 0.4) is 0 Å². The van der Waals surface area contributed by atoms with E-state index in [0.29, 0.717) is 12.3 Å². The molecular formula is C17H32O3. The Bertz CT molecular complexity index is 251. The van der Waals surface area contributed by atoms with Crippen LogP contribution in [0.1, 0.15) is 77.6 Å². The van der Waals surface area contributed by atoms with Crippen LogP contribution in [0.4, 0.5) is 0 Å². The highest BCUT2D eigenvalue weighted by Crippen LogP contribution is 2.15. The predicted molar refractivity (Wildman–Crippen MR) is 83.8 cm³/mol. The molecule has 3 heteroatoms. The van der Waals surface area contributed by atoms with Gasteiger partial charge >= 0.3 is 5.97 Å². The normalized spacial score (nSPS) is 13.9. The van der Waals surface area contributed by atoms with Crippen LogP contribution in [0.2, 0.25) is 0 Å². The maximum Gasteiger partial charge on any atom is 0.303 e. The second kappa shape index (κ2) is 13.2. The fourth-order valence-corrected chi connectivity index (χ4v) is 2.43. The van der Waals surface area contributed by atoms with E-state index in [1.54, 1.807) is 0 Å². The van der Waals surface area contributed by atoms with Gasteiger partial charge in [-0.25, -0.2) is 0 Å². The second-order valence-corrected chi connectivity index (χ2v) is 5.92. The molecule has 0 aliphatic heterocycles. The van der Waals surface area contributed by atoms with Crippen molar-refractivity contribution >= 4 is 5.97 Å². The summed E-state index contributed by atoms with van der Waals surface area (Å²) in [6, 6.07) is 0. The van der Waals surface area contributed by atoms with Crippen LogP contribution in [0, 0.1) is 5.92 Å². The van der Waals surface area contributed by atoms with Crippen LogP contribution in [-0.4, -0.2) is 22.3 Å². The molecule has 0 aromatic carbocycles. The first-order chi connectivity index (χ1) is 9.56. The monoisotopic (exact) mass is 284 g/mol. The molecule has 0 aliphatic rings. The van der Waals surface area contributed by atoms with Crippen molar-refractivity contribution in [1.82, 2.24) is 0 Å². The molecule has 0 radical (unpaired) electrons. The Labute approximate surface area is 124 Å². The molecule has 0 aromatic heterocycles. The summed E-state index contributed by atoms with van der Waals surface area (Å²) in [4.78, 5) is 10.5. The highest BCUT2D eigenvalue weighted by atomic mass is 16.4. The summed E-state index contributed by atoms with van der Waals surface area (Å²) in [7, 11) is 0. The Morgan fingerprint density at radius 2 is 1.60 bits per heavy atom. The van der Waals surface area contributed by atoms with Crippen LogP contribution in [0.25, 0.3) is 0 Å². The SMILES string of the molecule is C=CCCC(O)CCCCCCCC[C@@H](C)CC(=O)O. The number of hydrogen-bond acceptors (Lipinski definition) is 2. The third kappa shape index (κ3) is 13.6. The average Bonchev–Trinajstić information content (AvgIpc) is 2.38. The first-order valence-corrected chi connectivity index (χ1v) is 8.07. The lowest BCUT2D eigenvalue weighted by molar-refractivity contribution is -0.138. The molecule has 2 atom stereocenters. The van der Waals surface area contributed by atoms with Gasteiger partial charge in [-0.1, -0.05) is 57.9 Å². The Hall–Kier alpha value is -0.830. The zero-order chi connectivity index (χ0) is 15.2. The molecule has 1 unspecified atom stereocenters. The van der Waals surface area contributed by atoms with E-state index >= 15 is 0 Å². The van der Waals surface area contributed by atoms with Gasteiger partial charge in [0.15, 0.2) is 0 Å². The van der Waals surface area contributed by atoms with E-state index in [-0.39, 0.29) is 6.10 Å². The van der Waals surface area contributed by atoms with Gasteiger partial charge in [-0.3, -0.25) is 4.79 Å². The lowest BCUT2D eigenvalue weighted by atomic mass is 9.98. The van der Waals surface area contributed by atoms with Crippen LogP contribution < -0.4 is 0 Å². The number of aliphatic carboxylic acids is 1. The van der Waals surface area contributed by atoms with E-state index in [1.807, 2.05) is 13.0 Å². The predicted octanol–water partition coefficient (Wildman–Crippen LogP) is 4.55. The fourth-order valence-electron chi connectivity index (χ4n) is 2.43. The minimum Gasteiger partial charge on any atom is -0.481 e. The van der Waals surface area contributed by atoms with E-state index in [1.165, 1.54) is 25.7 Å². The molecule has 0 bridgehead atoms. The molecule has 0 aliphatic carbocycles. The molecule has 118 valence electrons. The first-order valence-electron chi connectivity index (χ1n) is 8.07. The second-order valence-electron chi connectivity index (χ2n) is 5.92. The maximum atomic E-state index is 10.5.